The monoisotopic (exact) mass is 291 g/mol. The number of imidazole rings is 1. The van der Waals surface area contributed by atoms with Gasteiger partial charge in [0.05, 0.1) is 6.33 Å². The van der Waals surface area contributed by atoms with E-state index in [-0.39, 0.29) is 0 Å². The van der Waals surface area contributed by atoms with Gasteiger partial charge >= 0.3 is 0 Å². The van der Waals surface area contributed by atoms with E-state index in [0.717, 1.165) is 22.7 Å². The van der Waals surface area contributed by atoms with Gasteiger partial charge in [0, 0.05) is 11.3 Å². The number of hydrogen-bond donors (Lipinski definition) is 2. The highest BCUT2D eigenvalue weighted by molar-refractivity contribution is 8.00. The lowest BCUT2D eigenvalue weighted by Gasteiger charge is -2.31. The summed E-state index contributed by atoms with van der Waals surface area (Å²) in [5, 5.41) is 5.32. The molecule has 2 N–H and O–H groups in total. The number of rotatable bonds is 5. The van der Waals surface area contributed by atoms with Gasteiger partial charge in [-0.15, -0.1) is 0 Å². The van der Waals surface area contributed by atoms with Crippen molar-refractivity contribution in [3.8, 4) is 0 Å². The van der Waals surface area contributed by atoms with Crippen molar-refractivity contribution in [3.63, 3.8) is 0 Å². The van der Waals surface area contributed by atoms with Gasteiger partial charge in [0.2, 0.25) is 0 Å². The zero-order valence-electron chi connectivity index (χ0n) is 11.8. The summed E-state index contributed by atoms with van der Waals surface area (Å²) >= 11 is 1.87. The predicted octanol–water partition coefficient (Wildman–Crippen LogP) is 2.76. The molecule has 1 aliphatic rings. The number of fused-ring (bicyclic) bond motifs is 1. The van der Waals surface area contributed by atoms with Crippen molar-refractivity contribution in [3.05, 3.63) is 12.7 Å². The van der Waals surface area contributed by atoms with E-state index >= 15 is 0 Å². The van der Waals surface area contributed by atoms with Gasteiger partial charge in [0.15, 0.2) is 5.65 Å². The van der Waals surface area contributed by atoms with Gasteiger partial charge in [-0.1, -0.05) is 31.5 Å². The molecule has 2 atom stereocenters. The molecule has 1 saturated carbocycles. The molecule has 5 nitrogen and oxygen atoms in total. The molecule has 20 heavy (non-hydrogen) atoms. The van der Waals surface area contributed by atoms with E-state index in [4.69, 9.17) is 0 Å². The summed E-state index contributed by atoms with van der Waals surface area (Å²) in [6, 6.07) is 0.599. The van der Waals surface area contributed by atoms with E-state index in [9.17, 15) is 0 Å². The third-order valence-electron chi connectivity index (χ3n) is 3.81. The molecule has 2 heterocycles. The first-order valence-electron chi connectivity index (χ1n) is 7.42. The second kappa shape index (κ2) is 6.54. The Bertz CT molecular complexity index is 555. The summed E-state index contributed by atoms with van der Waals surface area (Å²) in [5.41, 5.74) is 1.73. The first kappa shape index (κ1) is 13.8. The van der Waals surface area contributed by atoms with Crippen molar-refractivity contribution in [1.82, 2.24) is 25.3 Å². The van der Waals surface area contributed by atoms with Gasteiger partial charge in [0.1, 0.15) is 16.9 Å². The molecule has 0 radical (unpaired) electrons. The average Bonchev–Trinajstić information content (AvgIpc) is 2.96. The number of hydrogen-bond acceptors (Lipinski definition) is 5. The van der Waals surface area contributed by atoms with Crippen LogP contribution in [0.25, 0.3) is 11.2 Å². The lowest BCUT2D eigenvalue weighted by atomic mass is 9.95. The minimum atomic E-state index is 0.594. The number of aromatic amines is 1. The lowest BCUT2D eigenvalue weighted by Crippen LogP contribution is -2.40. The fraction of sp³-hybridized carbons (Fsp3) is 0.643. The molecule has 6 heteroatoms. The van der Waals surface area contributed by atoms with Crippen LogP contribution in [-0.2, 0) is 0 Å². The Labute approximate surface area is 123 Å². The van der Waals surface area contributed by atoms with E-state index in [1.54, 1.807) is 12.7 Å². The first-order valence-corrected chi connectivity index (χ1v) is 8.30. The van der Waals surface area contributed by atoms with Crippen LogP contribution in [0, 0.1) is 0 Å². The smallest absolute Gasteiger partial charge is 0.181 e. The predicted molar refractivity (Wildman–Crippen MR) is 81.9 cm³/mol. The summed E-state index contributed by atoms with van der Waals surface area (Å²) in [6.45, 7) is 3.32. The topological polar surface area (TPSA) is 66.5 Å². The van der Waals surface area contributed by atoms with Crippen LogP contribution in [0.4, 0.5) is 0 Å². The van der Waals surface area contributed by atoms with Crippen LogP contribution in [0.15, 0.2) is 17.7 Å². The third-order valence-corrected chi connectivity index (χ3v) is 5.21. The highest BCUT2D eigenvalue weighted by Crippen LogP contribution is 2.34. The van der Waals surface area contributed by atoms with Crippen molar-refractivity contribution in [2.24, 2.45) is 0 Å². The van der Waals surface area contributed by atoms with Crippen molar-refractivity contribution in [2.45, 2.75) is 55.3 Å². The van der Waals surface area contributed by atoms with Crippen molar-refractivity contribution in [1.29, 1.82) is 0 Å². The quantitative estimate of drug-likeness (QED) is 0.829. The summed E-state index contributed by atoms with van der Waals surface area (Å²) in [6.07, 6.45) is 9.67. The molecular weight excluding hydrogens is 270 g/mol. The van der Waals surface area contributed by atoms with Crippen LogP contribution in [0.1, 0.15) is 39.0 Å². The summed E-state index contributed by atoms with van der Waals surface area (Å²) in [7, 11) is 0. The Morgan fingerprint density at radius 2 is 2.20 bits per heavy atom. The SMILES string of the molecule is CCCNC1CCCCC1Sc1ncnc2nc[nH]c12. The lowest BCUT2D eigenvalue weighted by molar-refractivity contribution is 0.384. The molecule has 108 valence electrons. The molecule has 2 unspecified atom stereocenters. The van der Waals surface area contributed by atoms with Crippen molar-refractivity contribution < 1.29 is 0 Å². The van der Waals surface area contributed by atoms with E-state index in [1.165, 1.54) is 32.1 Å². The van der Waals surface area contributed by atoms with Gasteiger partial charge in [-0.2, -0.15) is 0 Å². The van der Waals surface area contributed by atoms with Crippen molar-refractivity contribution in [2.75, 3.05) is 6.54 Å². The van der Waals surface area contributed by atoms with E-state index in [2.05, 4.69) is 32.2 Å². The first-order chi connectivity index (χ1) is 9.88. The molecular formula is C14H21N5S. The second-order valence-corrected chi connectivity index (χ2v) is 6.51. The Kier molecular flexibility index (Phi) is 4.52. The van der Waals surface area contributed by atoms with Gasteiger partial charge < -0.3 is 10.3 Å². The van der Waals surface area contributed by atoms with Crippen LogP contribution < -0.4 is 5.32 Å². The maximum atomic E-state index is 4.44. The van der Waals surface area contributed by atoms with E-state index in [1.807, 2.05) is 11.8 Å². The summed E-state index contributed by atoms with van der Waals surface area (Å²) in [5.74, 6) is 0. The zero-order valence-corrected chi connectivity index (χ0v) is 12.6. The fourth-order valence-electron chi connectivity index (χ4n) is 2.78. The second-order valence-electron chi connectivity index (χ2n) is 5.28. The third kappa shape index (κ3) is 2.96. The largest absolute Gasteiger partial charge is 0.341 e. The standard InChI is InChI=1S/C14H21N5S/c1-2-7-15-10-5-3-4-6-11(10)20-14-12-13(17-8-16-12)18-9-19-14/h8-11,15H,2-7H2,1H3,(H,16,17,18,19). The Morgan fingerprint density at radius 1 is 1.30 bits per heavy atom. The Morgan fingerprint density at radius 3 is 3.10 bits per heavy atom. The molecule has 3 rings (SSSR count). The highest BCUT2D eigenvalue weighted by Gasteiger charge is 2.26. The molecule has 0 amide bonds. The fourth-order valence-corrected chi connectivity index (χ4v) is 4.12. The number of aromatic nitrogens is 4. The van der Waals surface area contributed by atoms with Gasteiger partial charge in [-0.3, -0.25) is 0 Å². The molecule has 1 fully saturated rings. The number of nitrogens with one attached hydrogen (secondary N) is 2. The summed E-state index contributed by atoms with van der Waals surface area (Å²) < 4.78 is 0. The van der Waals surface area contributed by atoms with Crippen LogP contribution in [0.3, 0.4) is 0 Å². The molecule has 0 aromatic carbocycles. The molecule has 0 spiro atoms. The molecule has 0 bridgehead atoms. The Hall–Kier alpha value is -1.14. The molecule has 0 aliphatic heterocycles. The van der Waals surface area contributed by atoms with Gasteiger partial charge in [-0.05, 0) is 25.8 Å². The van der Waals surface area contributed by atoms with Crippen LogP contribution in [0.2, 0.25) is 0 Å². The van der Waals surface area contributed by atoms with Crippen LogP contribution in [0.5, 0.6) is 0 Å². The van der Waals surface area contributed by atoms with Crippen LogP contribution in [-0.4, -0.2) is 37.8 Å². The van der Waals surface area contributed by atoms with Crippen molar-refractivity contribution >= 4 is 22.9 Å². The maximum Gasteiger partial charge on any atom is 0.181 e. The normalized spacial score (nSPS) is 23.2. The van der Waals surface area contributed by atoms with Crippen LogP contribution >= 0.6 is 11.8 Å². The van der Waals surface area contributed by atoms with E-state index in [0.29, 0.717) is 11.3 Å². The van der Waals surface area contributed by atoms with E-state index < -0.39 is 0 Å². The molecule has 1 aliphatic carbocycles. The molecule has 0 saturated heterocycles. The number of H-pyrrole nitrogens is 1. The highest BCUT2D eigenvalue weighted by atomic mass is 32.2. The minimum Gasteiger partial charge on any atom is -0.341 e. The number of thioether (sulfide) groups is 1. The molecule has 2 aromatic rings. The summed E-state index contributed by atoms with van der Waals surface area (Å²) in [4.78, 5) is 16.0. The molecule has 2 aromatic heterocycles. The number of nitrogens with zero attached hydrogens (tertiary/aromatic N) is 3. The zero-order chi connectivity index (χ0) is 13.8. The average molecular weight is 291 g/mol. The minimum absolute atomic E-state index is 0.594. The maximum absolute atomic E-state index is 4.44. The van der Waals surface area contributed by atoms with Gasteiger partial charge in [0.25, 0.3) is 0 Å². The van der Waals surface area contributed by atoms with Gasteiger partial charge in [-0.25, -0.2) is 15.0 Å². The Balaban J connectivity index is 1.76.